The maximum atomic E-state index is 13.6. The molecule has 1 aromatic rings. The lowest BCUT2D eigenvalue weighted by Crippen LogP contribution is -2.20. The quantitative estimate of drug-likeness (QED) is 0.828. The molecular formula is C13H19FN2O. The highest BCUT2D eigenvalue weighted by Gasteiger charge is 2.13. The summed E-state index contributed by atoms with van der Waals surface area (Å²) in [6, 6.07) is 4.61. The van der Waals surface area contributed by atoms with Gasteiger partial charge in [-0.25, -0.2) is 4.39 Å². The van der Waals surface area contributed by atoms with Crippen LogP contribution in [0.3, 0.4) is 0 Å². The molecule has 0 spiro atoms. The van der Waals surface area contributed by atoms with Gasteiger partial charge in [-0.2, -0.15) is 0 Å². The van der Waals surface area contributed by atoms with E-state index in [0.29, 0.717) is 5.56 Å². The summed E-state index contributed by atoms with van der Waals surface area (Å²) in [6.45, 7) is 4.14. The molecule has 3 N–H and O–H groups in total. The number of halogens is 1. The fourth-order valence-corrected chi connectivity index (χ4v) is 1.61. The van der Waals surface area contributed by atoms with Crippen LogP contribution in [-0.2, 0) is 11.3 Å². The molecule has 1 rings (SSSR count). The molecule has 94 valence electrons. The zero-order valence-electron chi connectivity index (χ0n) is 10.3. The molecule has 0 aliphatic heterocycles. The van der Waals surface area contributed by atoms with E-state index in [1.165, 1.54) is 6.07 Å². The van der Waals surface area contributed by atoms with Crippen molar-refractivity contribution in [3.8, 4) is 0 Å². The van der Waals surface area contributed by atoms with Crippen LogP contribution in [0.25, 0.3) is 0 Å². The summed E-state index contributed by atoms with van der Waals surface area (Å²) in [5.74, 6) is -0.690. The van der Waals surface area contributed by atoms with E-state index in [4.69, 9.17) is 5.73 Å². The number of benzene rings is 1. The van der Waals surface area contributed by atoms with E-state index in [0.717, 1.165) is 12.8 Å². The molecule has 1 aromatic carbocycles. The number of amides is 1. The van der Waals surface area contributed by atoms with Crippen molar-refractivity contribution in [2.75, 3.05) is 5.32 Å². The zero-order valence-corrected chi connectivity index (χ0v) is 10.3. The second kappa shape index (κ2) is 6.35. The van der Waals surface area contributed by atoms with Crippen molar-refractivity contribution in [3.05, 3.63) is 29.6 Å². The number of carbonyl (C=O) groups is 1. The van der Waals surface area contributed by atoms with Crippen molar-refractivity contribution in [1.82, 2.24) is 0 Å². The van der Waals surface area contributed by atoms with Gasteiger partial charge in [0.1, 0.15) is 5.82 Å². The number of anilines is 1. The van der Waals surface area contributed by atoms with Gasteiger partial charge in [0.05, 0.1) is 5.69 Å². The van der Waals surface area contributed by atoms with E-state index in [1.807, 2.05) is 13.8 Å². The van der Waals surface area contributed by atoms with Gasteiger partial charge in [0.2, 0.25) is 5.91 Å². The fraction of sp³-hybridized carbons (Fsp3) is 0.462. The Balaban J connectivity index is 2.71. The highest BCUT2D eigenvalue weighted by atomic mass is 19.1. The Morgan fingerprint density at radius 2 is 2.24 bits per heavy atom. The third-order valence-electron chi connectivity index (χ3n) is 2.70. The first-order valence-corrected chi connectivity index (χ1v) is 5.87. The van der Waals surface area contributed by atoms with E-state index in [2.05, 4.69) is 5.32 Å². The minimum absolute atomic E-state index is 0.103. The molecule has 17 heavy (non-hydrogen) atoms. The molecule has 0 aromatic heterocycles. The van der Waals surface area contributed by atoms with Crippen LogP contribution < -0.4 is 11.1 Å². The number of nitrogens with two attached hydrogens (primary N) is 1. The maximum absolute atomic E-state index is 13.6. The first-order chi connectivity index (χ1) is 8.08. The van der Waals surface area contributed by atoms with Crippen molar-refractivity contribution in [1.29, 1.82) is 0 Å². The summed E-state index contributed by atoms with van der Waals surface area (Å²) in [6.07, 6.45) is 1.73. The lowest BCUT2D eigenvalue weighted by molar-refractivity contribution is -0.119. The smallest absolute Gasteiger partial charge is 0.227 e. The summed E-state index contributed by atoms with van der Waals surface area (Å²) < 4.78 is 13.6. The average Bonchev–Trinajstić information content (AvgIpc) is 2.31. The second-order valence-corrected chi connectivity index (χ2v) is 4.20. The highest BCUT2D eigenvalue weighted by Crippen LogP contribution is 2.17. The van der Waals surface area contributed by atoms with Gasteiger partial charge in [0.25, 0.3) is 0 Å². The summed E-state index contributed by atoms with van der Waals surface area (Å²) in [7, 11) is 0. The molecule has 0 saturated carbocycles. The minimum atomic E-state index is -0.440. The SMILES string of the molecule is CCCC(C)C(=O)Nc1ccc(CN)cc1F. The predicted molar refractivity (Wildman–Crippen MR) is 67.0 cm³/mol. The van der Waals surface area contributed by atoms with Crippen LogP contribution in [0.5, 0.6) is 0 Å². The minimum Gasteiger partial charge on any atom is -0.326 e. The van der Waals surface area contributed by atoms with Gasteiger partial charge < -0.3 is 11.1 Å². The molecule has 1 unspecified atom stereocenters. The van der Waals surface area contributed by atoms with Gasteiger partial charge in [-0.15, -0.1) is 0 Å². The van der Waals surface area contributed by atoms with Gasteiger partial charge in [0, 0.05) is 12.5 Å². The van der Waals surface area contributed by atoms with E-state index >= 15 is 0 Å². The molecule has 0 saturated heterocycles. The number of hydrogen-bond acceptors (Lipinski definition) is 2. The van der Waals surface area contributed by atoms with Crippen LogP contribution >= 0.6 is 0 Å². The van der Waals surface area contributed by atoms with Gasteiger partial charge in [-0.05, 0) is 24.1 Å². The van der Waals surface area contributed by atoms with Crippen molar-refractivity contribution in [2.45, 2.75) is 33.2 Å². The first-order valence-electron chi connectivity index (χ1n) is 5.87. The van der Waals surface area contributed by atoms with Crippen LogP contribution in [-0.4, -0.2) is 5.91 Å². The fourth-order valence-electron chi connectivity index (χ4n) is 1.61. The number of carbonyl (C=O) groups excluding carboxylic acids is 1. The van der Waals surface area contributed by atoms with Crippen LogP contribution in [0.15, 0.2) is 18.2 Å². The van der Waals surface area contributed by atoms with E-state index in [1.54, 1.807) is 12.1 Å². The molecule has 4 heteroatoms. The zero-order chi connectivity index (χ0) is 12.8. The molecule has 3 nitrogen and oxygen atoms in total. The number of hydrogen-bond donors (Lipinski definition) is 2. The Bertz CT molecular complexity index is 393. The van der Waals surface area contributed by atoms with Gasteiger partial charge >= 0.3 is 0 Å². The molecule has 0 heterocycles. The van der Waals surface area contributed by atoms with Crippen LogP contribution in [0, 0.1) is 11.7 Å². The number of rotatable bonds is 5. The van der Waals surface area contributed by atoms with Crippen LogP contribution in [0.4, 0.5) is 10.1 Å². The molecule has 0 fully saturated rings. The first kappa shape index (κ1) is 13.6. The summed E-state index contributed by atoms with van der Waals surface area (Å²) in [5.41, 5.74) is 6.33. The Labute approximate surface area is 101 Å². The lowest BCUT2D eigenvalue weighted by Gasteiger charge is -2.12. The monoisotopic (exact) mass is 238 g/mol. The normalized spacial score (nSPS) is 12.2. The third kappa shape index (κ3) is 3.82. The Morgan fingerprint density at radius 3 is 2.76 bits per heavy atom. The topological polar surface area (TPSA) is 55.1 Å². The Morgan fingerprint density at radius 1 is 1.53 bits per heavy atom. The summed E-state index contributed by atoms with van der Waals surface area (Å²) in [5, 5.41) is 2.59. The highest BCUT2D eigenvalue weighted by molar-refractivity contribution is 5.92. The summed E-state index contributed by atoms with van der Waals surface area (Å²) >= 11 is 0. The second-order valence-electron chi connectivity index (χ2n) is 4.20. The molecule has 0 bridgehead atoms. The predicted octanol–water partition coefficient (Wildman–Crippen LogP) is 2.66. The molecule has 0 aliphatic carbocycles. The molecule has 0 aliphatic rings. The van der Waals surface area contributed by atoms with Crippen LogP contribution in [0.1, 0.15) is 32.3 Å². The van der Waals surface area contributed by atoms with Crippen LogP contribution in [0.2, 0.25) is 0 Å². The molecule has 1 amide bonds. The Kier molecular flexibility index (Phi) is 5.10. The average molecular weight is 238 g/mol. The molecule has 0 radical (unpaired) electrons. The number of nitrogens with one attached hydrogen (secondary N) is 1. The standard InChI is InChI=1S/C13H19FN2O/c1-3-4-9(2)13(17)16-12-6-5-10(8-15)7-11(12)14/h5-7,9H,3-4,8,15H2,1-2H3,(H,16,17). The summed E-state index contributed by atoms with van der Waals surface area (Å²) in [4.78, 5) is 11.7. The van der Waals surface area contributed by atoms with Crippen molar-refractivity contribution in [3.63, 3.8) is 0 Å². The van der Waals surface area contributed by atoms with Gasteiger partial charge in [-0.3, -0.25) is 4.79 Å². The Hall–Kier alpha value is -1.42. The molecule has 1 atom stereocenters. The van der Waals surface area contributed by atoms with Crippen molar-refractivity contribution >= 4 is 11.6 Å². The van der Waals surface area contributed by atoms with Crippen molar-refractivity contribution in [2.24, 2.45) is 11.7 Å². The van der Waals surface area contributed by atoms with E-state index in [9.17, 15) is 9.18 Å². The van der Waals surface area contributed by atoms with E-state index < -0.39 is 5.82 Å². The molecular weight excluding hydrogens is 219 g/mol. The van der Waals surface area contributed by atoms with Gasteiger partial charge in [0.15, 0.2) is 0 Å². The lowest BCUT2D eigenvalue weighted by atomic mass is 10.1. The van der Waals surface area contributed by atoms with Gasteiger partial charge in [-0.1, -0.05) is 26.3 Å². The van der Waals surface area contributed by atoms with Crippen molar-refractivity contribution < 1.29 is 9.18 Å². The largest absolute Gasteiger partial charge is 0.326 e. The van der Waals surface area contributed by atoms with E-state index in [-0.39, 0.29) is 24.1 Å². The maximum Gasteiger partial charge on any atom is 0.227 e. The third-order valence-corrected chi connectivity index (χ3v) is 2.70.